The van der Waals surface area contributed by atoms with Gasteiger partial charge in [-0.2, -0.15) is 0 Å². The van der Waals surface area contributed by atoms with Crippen molar-refractivity contribution in [2.75, 3.05) is 7.11 Å². The second kappa shape index (κ2) is 6.59. The summed E-state index contributed by atoms with van der Waals surface area (Å²) in [5.41, 5.74) is 0. The van der Waals surface area contributed by atoms with Crippen LogP contribution in [-0.2, 0) is 14.3 Å². The van der Waals surface area contributed by atoms with Crippen molar-refractivity contribution in [2.24, 2.45) is 5.92 Å². The minimum atomic E-state index is -0.285. The number of rotatable bonds is 5. The summed E-state index contributed by atoms with van der Waals surface area (Å²) in [6.07, 6.45) is 7.45. The van der Waals surface area contributed by atoms with Crippen LogP contribution in [0.3, 0.4) is 0 Å². The van der Waals surface area contributed by atoms with E-state index in [-0.39, 0.29) is 18.2 Å². The first kappa shape index (κ1) is 12.2. The zero-order valence-electron chi connectivity index (χ0n) is 9.46. The minimum absolute atomic E-state index is 0.215. The number of hydrogen-bond donors (Lipinski definition) is 0. The third-order valence-corrected chi connectivity index (χ3v) is 3.08. The molecular weight excluding hydrogens is 192 g/mol. The number of esters is 1. The van der Waals surface area contributed by atoms with Crippen LogP contribution in [0.5, 0.6) is 0 Å². The molecule has 0 aromatic carbocycles. The van der Waals surface area contributed by atoms with E-state index in [0.717, 1.165) is 0 Å². The molecule has 1 aliphatic carbocycles. The molecule has 3 nitrogen and oxygen atoms in total. The Balaban J connectivity index is 2.14. The Morgan fingerprint density at radius 3 is 2.40 bits per heavy atom. The van der Waals surface area contributed by atoms with Gasteiger partial charge in [0.1, 0.15) is 5.78 Å². The number of Topliss-reactive ketones (excluding diaryl/α,β-unsaturated/α-hetero) is 1. The van der Waals surface area contributed by atoms with Crippen molar-refractivity contribution in [1.82, 2.24) is 0 Å². The van der Waals surface area contributed by atoms with E-state index < -0.39 is 0 Å². The Morgan fingerprint density at radius 1 is 1.13 bits per heavy atom. The molecule has 0 N–H and O–H groups in total. The van der Waals surface area contributed by atoms with Gasteiger partial charge in [0, 0.05) is 12.8 Å². The highest BCUT2D eigenvalue weighted by Gasteiger charge is 2.17. The quantitative estimate of drug-likeness (QED) is 0.657. The first-order valence-corrected chi connectivity index (χ1v) is 5.81. The highest BCUT2D eigenvalue weighted by Crippen LogP contribution is 2.26. The molecular formula is C12H20O3. The molecule has 1 rings (SSSR count). The average Bonchev–Trinajstić information content (AvgIpc) is 2.27. The van der Waals surface area contributed by atoms with Crippen LogP contribution in [0.4, 0.5) is 0 Å². The van der Waals surface area contributed by atoms with Gasteiger partial charge in [0.2, 0.25) is 0 Å². The summed E-state index contributed by atoms with van der Waals surface area (Å²) in [6.45, 7) is 0. The number of carbonyl (C=O) groups is 2. The predicted molar refractivity (Wildman–Crippen MR) is 57.4 cm³/mol. The third-order valence-electron chi connectivity index (χ3n) is 3.08. The van der Waals surface area contributed by atoms with Crippen molar-refractivity contribution in [3.05, 3.63) is 0 Å². The first-order chi connectivity index (χ1) is 7.22. The minimum Gasteiger partial charge on any atom is -0.469 e. The van der Waals surface area contributed by atoms with Gasteiger partial charge in [0.05, 0.1) is 13.5 Å². The van der Waals surface area contributed by atoms with Crippen LogP contribution in [0, 0.1) is 5.92 Å². The fourth-order valence-electron chi connectivity index (χ4n) is 2.16. The highest BCUT2D eigenvalue weighted by atomic mass is 16.5. The van der Waals surface area contributed by atoms with Crippen molar-refractivity contribution in [3.8, 4) is 0 Å². The van der Waals surface area contributed by atoms with Crippen LogP contribution in [-0.4, -0.2) is 18.9 Å². The third kappa shape index (κ3) is 4.96. The van der Waals surface area contributed by atoms with Crippen LogP contribution in [0.15, 0.2) is 0 Å². The monoisotopic (exact) mass is 212 g/mol. The fourth-order valence-corrected chi connectivity index (χ4v) is 2.16. The normalized spacial score (nSPS) is 17.4. The van der Waals surface area contributed by atoms with E-state index in [2.05, 4.69) is 4.74 Å². The van der Waals surface area contributed by atoms with E-state index in [1.807, 2.05) is 0 Å². The molecule has 0 unspecified atom stereocenters. The summed E-state index contributed by atoms with van der Waals surface area (Å²) in [5, 5.41) is 0. The van der Waals surface area contributed by atoms with E-state index in [0.29, 0.717) is 18.8 Å². The molecule has 0 atom stereocenters. The lowest BCUT2D eigenvalue weighted by molar-refractivity contribution is -0.142. The zero-order chi connectivity index (χ0) is 11.1. The van der Waals surface area contributed by atoms with E-state index >= 15 is 0 Å². The molecule has 0 aromatic rings. The van der Waals surface area contributed by atoms with Gasteiger partial charge in [-0.05, 0) is 5.92 Å². The second-order valence-electron chi connectivity index (χ2n) is 4.32. The lowest BCUT2D eigenvalue weighted by Crippen LogP contribution is -2.13. The Morgan fingerprint density at radius 2 is 1.80 bits per heavy atom. The molecule has 86 valence electrons. The molecule has 0 aliphatic heterocycles. The van der Waals surface area contributed by atoms with Crippen LogP contribution in [0.1, 0.15) is 51.4 Å². The molecule has 15 heavy (non-hydrogen) atoms. The predicted octanol–water partition coefficient (Wildman–Crippen LogP) is 2.48. The van der Waals surface area contributed by atoms with Crippen molar-refractivity contribution < 1.29 is 14.3 Å². The molecule has 1 aliphatic rings. The van der Waals surface area contributed by atoms with Gasteiger partial charge in [-0.15, -0.1) is 0 Å². The Labute approximate surface area is 91.2 Å². The first-order valence-electron chi connectivity index (χ1n) is 5.81. The van der Waals surface area contributed by atoms with Crippen molar-refractivity contribution in [3.63, 3.8) is 0 Å². The maximum atomic E-state index is 11.5. The molecule has 0 amide bonds. The van der Waals surface area contributed by atoms with Gasteiger partial charge < -0.3 is 4.74 Å². The van der Waals surface area contributed by atoms with Crippen LogP contribution in [0.25, 0.3) is 0 Å². The fraction of sp³-hybridized carbons (Fsp3) is 0.833. The van der Waals surface area contributed by atoms with Gasteiger partial charge in [0.25, 0.3) is 0 Å². The number of ketones is 1. The Bertz CT molecular complexity index is 217. The number of ether oxygens (including phenoxy) is 1. The van der Waals surface area contributed by atoms with Crippen LogP contribution < -0.4 is 0 Å². The number of carbonyl (C=O) groups excluding carboxylic acids is 2. The van der Waals surface area contributed by atoms with Gasteiger partial charge in [0.15, 0.2) is 0 Å². The Kier molecular flexibility index (Phi) is 5.37. The van der Waals surface area contributed by atoms with Crippen LogP contribution >= 0.6 is 0 Å². The Hall–Kier alpha value is -0.860. The van der Waals surface area contributed by atoms with Crippen molar-refractivity contribution in [2.45, 2.75) is 51.4 Å². The summed E-state index contributed by atoms with van der Waals surface area (Å²) >= 11 is 0. The van der Waals surface area contributed by atoms with E-state index in [1.165, 1.54) is 39.2 Å². The van der Waals surface area contributed by atoms with E-state index in [1.54, 1.807) is 0 Å². The summed E-state index contributed by atoms with van der Waals surface area (Å²) in [6, 6.07) is 0. The summed E-state index contributed by atoms with van der Waals surface area (Å²) < 4.78 is 4.50. The maximum Gasteiger partial charge on any atom is 0.305 e. The van der Waals surface area contributed by atoms with Crippen molar-refractivity contribution in [1.29, 1.82) is 0 Å². The molecule has 0 radical (unpaired) electrons. The van der Waals surface area contributed by atoms with Gasteiger partial charge >= 0.3 is 5.97 Å². The second-order valence-corrected chi connectivity index (χ2v) is 4.32. The number of methoxy groups -OCH3 is 1. The lowest BCUT2D eigenvalue weighted by atomic mass is 9.85. The molecule has 1 fully saturated rings. The van der Waals surface area contributed by atoms with Gasteiger partial charge in [-0.1, -0.05) is 32.1 Å². The topological polar surface area (TPSA) is 43.4 Å². The lowest BCUT2D eigenvalue weighted by Gasteiger charge is -2.20. The van der Waals surface area contributed by atoms with E-state index in [4.69, 9.17) is 0 Å². The maximum absolute atomic E-state index is 11.5. The SMILES string of the molecule is COC(=O)CCC(=O)CC1CCCCC1. The van der Waals surface area contributed by atoms with Crippen molar-refractivity contribution >= 4 is 11.8 Å². The van der Waals surface area contributed by atoms with Gasteiger partial charge in [-0.3, -0.25) is 9.59 Å². The molecule has 0 aromatic heterocycles. The molecule has 0 bridgehead atoms. The largest absolute Gasteiger partial charge is 0.469 e. The number of hydrogen-bond acceptors (Lipinski definition) is 3. The van der Waals surface area contributed by atoms with E-state index in [9.17, 15) is 9.59 Å². The summed E-state index contributed by atoms with van der Waals surface area (Å²) in [4.78, 5) is 22.4. The molecule has 3 heteroatoms. The molecule has 0 spiro atoms. The summed E-state index contributed by atoms with van der Waals surface area (Å²) in [5.74, 6) is 0.503. The summed E-state index contributed by atoms with van der Waals surface area (Å²) in [7, 11) is 1.36. The highest BCUT2D eigenvalue weighted by molar-refractivity contribution is 5.83. The average molecular weight is 212 g/mol. The zero-order valence-corrected chi connectivity index (χ0v) is 9.46. The molecule has 1 saturated carbocycles. The molecule has 0 heterocycles. The van der Waals surface area contributed by atoms with Crippen LogP contribution in [0.2, 0.25) is 0 Å². The smallest absolute Gasteiger partial charge is 0.305 e. The van der Waals surface area contributed by atoms with Gasteiger partial charge in [-0.25, -0.2) is 0 Å². The standard InChI is InChI=1S/C12H20O3/c1-15-12(14)8-7-11(13)9-10-5-3-2-4-6-10/h10H,2-9H2,1H3. The molecule has 0 saturated heterocycles.